The molecule has 1 rings (SSSR count). The molecule has 0 radical (unpaired) electrons. The first kappa shape index (κ1) is 13.5. The maximum Gasteiger partial charge on any atom is 0.248 e. The van der Waals surface area contributed by atoms with Crippen LogP contribution in [0.4, 0.5) is 0 Å². The molecule has 1 saturated heterocycles. The van der Waals surface area contributed by atoms with Crippen molar-refractivity contribution in [1.82, 2.24) is 4.90 Å². The third-order valence-electron chi connectivity index (χ3n) is 3.08. The lowest BCUT2D eigenvalue weighted by atomic mass is 9.94. The molecule has 0 spiro atoms. The first-order valence-electron chi connectivity index (χ1n) is 6.23. The van der Waals surface area contributed by atoms with Gasteiger partial charge in [0.2, 0.25) is 5.91 Å². The van der Waals surface area contributed by atoms with E-state index in [1.165, 1.54) is 0 Å². The van der Waals surface area contributed by atoms with E-state index >= 15 is 0 Å². The number of amides is 1. The van der Waals surface area contributed by atoms with Crippen molar-refractivity contribution in [3.63, 3.8) is 0 Å². The molecular weight excluding hydrogens is 204 g/mol. The van der Waals surface area contributed by atoms with Gasteiger partial charge in [0, 0.05) is 13.1 Å². The summed E-state index contributed by atoms with van der Waals surface area (Å²) in [5.41, 5.74) is 5.53. The van der Waals surface area contributed by atoms with Gasteiger partial charge in [0.15, 0.2) is 0 Å². The van der Waals surface area contributed by atoms with Crippen LogP contribution in [0.5, 0.6) is 0 Å². The minimum Gasteiger partial charge on any atom is -0.369 e. The summed E-state index contributed by atoms with van der Waals surface area (Å²) in [5.74, 6) is 0.833. The molecule has 0 bridgehead atoms. The van der Waals surface area contributed by atoms with Crippen LogP contribution in [0.25, 0.3) is 0 Å². The second-order valence-electron chi connectivity index (χ2n) is 4.76. The fraction of sp³-hybridized carbons (Fsp3) is 0.917. The zero-order valence-corrected chi connectivity index (χ0v) is 10.4. The van der Waals surface area contributed by atoms with Crippen LogP contribution in [-0.4, -0.2) is 43.2 Å². The third-order valence-corrected chi connectivity index (χ3v) is 3.08. The average molecular weight is 228 g/mol. The summed E-state index contributed by atoms with van der Waals surface area (Å²) in [6.07, 6.45) is 3.39. The van der Waals surface area contributed by atoms with Gasteiger partial charge in [-0.25, -0.2) is 0 Å². The van der Waals surface area contributed by atoms with Crippen LogP contribution in [0.1, 0.15) is 33.1 Å². The van der Waals surface area contributed by atoms with E-state index in [9.17, 15) is 4.79 Å². The van der Waals surface area contributed by atoms with Crippen LogP contribution in [0.3, 0.4) is 0 Å². The summed E-state index contributed by atoms with van der Waals surface area (Å²) in [6.45, 7) is 6.60. The molecule has 0 aliphatic carbocycles. The van der Waals surface area contributed by atoms with E-state index in [4.69, 9.17) is 10.5 Å². The molecule has 0 aromatic heterocycles. The zero-order chi connectivity index (χ0) is 12.0. The van der Waals surface area contributed by atoms with Crippen molar-refractivity contribution >= 4 is 5.91 Å². The second-order valence-corrected chi connectivity index (χ2v) is 4.76. The summed E-state index contributed by atoms with van der Waals surface area (Å²) < 4.78 is 5.32. The number of carbonyl (C=O) groups excluding carboxylic acids is 1. The quantitative estimate of drug-likeness (QED) is 0.763. The number of hydrogen-bond acceptors (Lipinski definition) is 3. The van der Waals surface area contributed by atoms with Crippen molar-refractivity contribution < 1.29 is 9.53 Å². The highest BCUT2D eigenvalue weighted by atomic mass is 16.5. The van der Waals surface area contributed by atoms with Gasteiger partial charge in [-0.15, -0.1) is 0 Å². The molecule has 0 aromatic carbocycles. The molecule has 4 heteroatoms. The molecular formula is C12H24N2O2. The second kappa shape index (κ2) is 6.86. The molecule has 0 unspecified atom stereocenters. The van der Waals surface area contributed by atoms with Crippen molar-refractivity contribution in [3.05, 3.63) is 0 Å². The van der Waals surface area contributed by atoms with Gasteiger partial charge in [-0.3, -0.25) is 4.79 Å². The molecule has 1 amide bonds. The van der Waals surface area contributed by atoms with Gasteiger partial charge in [0.25, 0.3) is 0 Å². The standard InChI is InChI=1S/C12H24N2O2/c1-10(2)16-9-12(15)14-7-4-11(3-6-13)5-8-14/h10-11H,3-9,13H2,1-2H3. The van der Waals surface area contributed by atoms with E-state index in [1.54, 1.807) is 0 Å². The minimum absolute atomic E-state index is 0.124. The van der Waals surface area contributed by atoms with E-state index in [0.29, 0.717) is 5.92 Å². The van der Waals surface area contributed by atoms with Gasteiger partial charge in [0.1, 0.15) is 6.61 Å². The van der Waals surface area contributed by atoms with Crippen molar-refractivity contribution in [2.75, 3.05) is 26.2 Å². The Balaban J connectivity index is 2.22. The molecule has 2 N–H and O–H groups in total. The highest BCUT2D eigenvalue weighted by Crippen LogP contribution is 2.19. The van der Waals surface area contributed by atoms with Crippen molar-refractivity contribution in [1.29, 1.82) is 0 Å². The topological polar surface area (TPSA) is 55.6 Å². The third kappa shape index (κ3) is 4.49. The fourth-order valence-corrected chi connectivity index (χ4v) is 2.04. The Morgan fingerprint density at radius 2 is 2.06 bits per heavy atom. The Kier molecular flexibility index (Phi) is 5.77. The molecule has 1 fully saturated rings. The lowest BCUT2D eigenvalue weighted by Gasteiger charge is -2.32. The SMILES string of the molecule is CC(C)OCC(=O)N1CCC(CCN)CC1. The van der Waals surface area contributed by atoms with Crippen LogP contribution in [0.15, 0.2) is 0 Å². The maximum absolute atomic E-state index is 11.7. The van der Waals surface area contributed by atoms with Crippen LogP contribution in [0.2, 0.25) is 0 Å². The highest BCUT2D eigenvalue weighted by Gasteiger charge is 2.22. The van der Waals surface area contributed by atoms with E-state index in [1.807, 2.05) is 18.7 Å². The summed E-state index contributed by atoms with van der Waals surface area (Å²) in [5, 5.41) is 0. The van der Waals surface area contributed by atoms with Crippen molar-refractivity contribution in [2.45, 2.75) is 39.2 Å². The normalized spacial score (nSPS) is 18.1. The number of nitrogens with two attached hydrogens (primary N) is 1. The van der Waals surface area contributed by atoms with E-state index < -0.39 is 0 Å². The summed E-state index contributed by atoms with van der Waals surface area (Å²) in [6, 6.07) is 0. The largest absolute Gasteiger partial charge is 0.369 e. The highest BCUT2D eigenvalue weighted by molar-refractivity contribution is 5.77. The van der Waals surface area contributed by atoms with Gasteiger partial charge in [-0.2, -0.15) is 0 Å². The molecule has 0 saturated carbocycles. The molecule has 1 heterocycles. The number of carbonyl (C=O) groups is 1. The number of piperidine rings is 1. The number of hydrogen-bond donors (Lipinski definition) is 1. The monoisotopic (exact) mass is 228 g/mol. The number of likely N-dealkylation sites (tertiary alicyclic amines) is 1. The zero-order valence-electron chi connectivity index (χ0n) is 10.4. The van der Waals surface area contributed by atoms with Crippen molar-refractivity contribution in [2.24, 2.45) is 11.7 Å². The predicted octanol–water partition coefficient (Wildman–Crippen LogP) is 0.999. The Labute approximate surface area is 98.1 Å². The Bertz CT molecular complexity index is 211. The Morgan fingerprint density at radius 3 is 2.56 bits per heavy atom. The lowest BCUT2D eigenvalue weighted by Crippen LogP contribution is -2.41. The maximum atomic E-state index is 11.7. The first-order valence-corrected chi connectivity index (χ1v) is 6.23. The molecule has 1 aliphatic rings. The fourth-order valence-electron chi connectivity index (χ4n) is 2.04. The van der Waals surface area contributed by atoms with E-state index in [2.05, 4.69) is 0 Å². The first-order chi connectivity index (χ1) is 7.63. The smallest absolute Gasteiger partial charge is 0.248 e. The number of nitrogens with zero attached hydrogens (tertiary/aromatic N) is 1. The van der Waals surface area contributed by atoms with Gasteiger partial charge in [0.05, 0.1) is 6.10 Å². The number of ether oxygens (including phenoxy) is 1. The molecule has 0 atom stereocenters. The lowest BCUT2D eigenvalue weighted by molar-refractivity contribution is -0.139. The summed E-state index contributed by atoms with van der Waals surface area (Å²) >= 11 is 0. The van der Waals surface area contributed by atoms with Crippen LogP contribution < -0.4 is 5.73 Å². The molecule has 94 valence electrons. The van der Waals surface area contributed by atoms with Crippen molar-refractivity contribution in [3.8, 4) is 0 Å². The molecule has 1 aliphatic heterocycles. The predicted molar refractivity (Wildman–Crippen MR) is 64.1 cm³/mol. The molecule has 0 aromatic rings. The minimum atomic E-state index is 0.124. The Morgan fingerprint density at radius 1 is 1.44 bits per heavy atom. The summed E-state index contributed by atoms with van der Waals surface area (Å²) in [7, 11) is 0. The molecule has 16 heavy (non-hydrogen) atoms. The van der Waals surface area contributed by atoms with Gasteiger partial charge < -0.3 is 15.4 Å². The van der Waals surface area contributed by atoms with Crippen LogP contribution in [0, 0.1) is 5.92 Å². The van der Waals surface area contributed by atoms with E-state index in [0.717, 1.165) is 38.9 Å². The van der Waals surface area contributed by atoms with Gasteiger partial charge in [-0.1, -0.05) is 0 Å². The van der Waals surface area contributed by atoms with Crippen LogP contribution in [-0.2, 0) is 9.53 Å². The van der Waals surface area contributed by atoms with Gasteiger partial charge >= 0.3 is 0 Å². The van der Waals surface area contributed by atoms with E-state index in [-0.39, 0.29) is 18.6 Å². The van der Waals surface area contributed by atoms with Gasteiger partial charge in [-0.05, 0) is 45.6 Å². The molecule has 4 nitrogen and oxygen atoms in total. The summed E-state index contributed by atoms with van der Waals surface area (Å²) in [4.78, 5) is 13.7. The number of rotatable bonds is 5. The average Bonchev–Trinajstić information content (AvgIpc) is 2.27. The van der Waals surface area contributed by atoms with Crippen LogP contribution >= 0.6 is 0 Å². The Hall–Kier alpha value is -0.610.